The Bertz CT molecular complexity index is 576. The highest BCUT2D eigenvalue weighted by molar-refractivity contribution is 7.89. The van der Waals surface area contributed by atoms with Crippen molar-refractivity contribution in [1.82, 2.24) is 4.72 Å². The van der Waals surface area contributed by atoms with Crippen LogP contribution in [0.15, 0.2) is 17.0 Å². The van der Waals surface area contributed by atoms with Crippen LogP contribution in [0.4, 0.5) is 13.2 Å². The van der Waals surface area contributed by atoms with E-state index < -0.39 is 27.6 Å². The van der Waals surface area contributed by atoms with Crippen molar-refractivity contribution in [3.8, 4) is 0 Å². The summed E-state index contributed by atoms with van der Waals surface area (Å²) in [4.78, 5) is -0.536. The summed E-state index contributed by atoms with van der Waals surface area (Å²) in [7, 11) is -4.42. The lowest BCUT2D eigenvalue weighted by Crippen LogP contribution is -2.34. The van der Waals surface area contributed by atoms with Crippen molar-refractivity contribution in [2.75, 3.05) is 6.54 Å². The summed E-state index contributed by atoms with van der Waals surface area (Å²) in [6, 6.07) is 2.30. The van der Waals surface area contributed by atoms with Crippen molar-refractivity contribution in [3.05, 3.63) is 27.7 Å². The molecular formula is C9H9Cl2F3N2O2S. The summed E-state index contributed by atoms with van der Waals surface area (Å²) in [6.45, 7) is -1.79. The van der Waals surface area contributed by atoms with E-state index in [2.05, 4.69) is 0 Å². The first-order chi connectivity index (χ1) is 8.57. The van der Waals surface area contributed by atoms with E-state index in [-0.39, 0.29) is 22.2 Å². The molecule has 0 aliphatic rings. The molecule has 0 aromatic heterocycles. The molecule has 0 atom stereocenters. The van der Waals surface area contributed by atoms with Gasteiger partial charge in [-0.1, -0.05) is 23.2 Å². The molecule has 1 rings (SSSR count). The predicted molar refractivity (Wildman–Crippen MR) is 65.6 cm³/mol. The minimum absolute atomic E-state index is 0.0113. The Hall–Kier alpha value is -0.540. The smallest absolute Gasteiger partial charge is 0.326 e. The van der Waals surface area contributed by atoms with Gasteiger partial charge in [-0.2, -0.15) is 13.2 Å². The molecule has 0 unspecified atom stereocenters. The highest BCUT2D eigenvalue weighted by Crippen LogP contribution is 2.29. The molecule has 0 saturated carbocycles. The van der Waals surface area contributed by atoms with Crippen LogP contribution < -0.4 is 10.5 Å². The zero-order valence-corrected chi connectivity index (χ0v) is 11.6. The Labute approximate surface area is 117 Å². The van der Waals surface area contributed by atoms with E-state index >= 15 is 0 Å². The monoisotopic (exact) mass is 336 g/mol. The fraction of sp³-hybridized carbons (Fsp3) is 0.333. The van der Waals surface area contributed by atoms with Gasteiger partial charge in [-0.15, -0.1) is 0 Å². The van der Waals surface area contributed by atoms with Gasteiger partial charge in [0.25, 0.3) is 0 Å². The lowest BCUT2D eigenvalue weighted by Gasteiger charge is -2.12. The van der Waals surface area contributed by atoms with Crippen LogP contribution in [0.1, 0.15) is 5.56 Å². The van der Waals surface area contributed by atoms with Gasteiger partial charge in [-0.3, -0.25) is 0 Å². The van der Waals surface area contributed by atoms with Crippen LogP contribution in [-0.2, 0) is 16.6 Å². The fourth-order valence-corrected chi connectivity index (χ4v) is 3.17. The van der Waals surface area contributed by atoms with Crippen LogP contribution >= 0.6 is 23.2 Å². The normalized spacial score (nSPS) is 12.7. The molecule has 0 saturated heterocycles. The zero-order chi connectivity index (χ0) is 14.8. The van der Waals surface area contributed by atoms with E-state index in [9.17, 15) is 21.6 Å². The number of halogens is 5. The van der Waals surface area contributed by atoms with Crippen LogP contribution in [-0.4, -0.2) is 21.1 Å². The molecule has 0 aliphatic heterocycles. The number of hydrogen-bond donors (Lipinski definition) is 2. The lowest BCUT2D eigenvalue weighted by atomic mass is 10.2. The molecule has 0 amide bonds. The first-order valence-electron chi connectivity index (χ1n) is 4.81. The minimum Gasteiger partial charge on any atom is -0.326 e. The summed E-state index contributed by atoms with van der Waals surface area (Å²) in [5.41, 5.74) is 5.56. The third-order valence-corrected chi connectivity index (χ3v) is 4.25. The second-order valence-electron chi connectivity index (χ2n) is 3.52. The Balaban J connectivity index is 3.18. The molecule has 0 spiro atoms. The SMILES string of the molecule is NCc1cc(Cl)cc(S(=O)(=O)NCC(F)(F)F)c1Cl. The van der Waals surface area contributed by atoms with Gasteiger partial charge in [-0.25, -0.2) is 13.1 Å². The van der Waals surface area contributed by atoms with Crippen molar-refractivity contribution in [2.45, 2.75) is 17.6 Å². The molecule has 19 heavy (non-hydrogen) atoms. The van der Waals surface area contributed by atoms with Gasteiger partial charge < -0.3 is 5.73 Å². The van der Waals surface area contributed by atoms with Crippen molar-refractivity contribution in [1.29, 1.82) is 0 Å². The number of benzene rings is 1. The molecule has 1 aromatic rings. The molecular weight excluding hydrogens is 328 g/mol. The molecule has 3 N–H and O–H groups in total. The van der Waals surface area contributed by atoms with Gasteiger partial charge in [0.1, 0.15) is 11.4 Å². The Kier molecular flexibility index (Phi) is 5.08. The largest absolute Gasteiger partial charge is 0.402 e. The first-order valence-corrected chi connectivity index (χ1v) is 7.05. The van der Waals surface area contributed by atoms with E-state index in [0.29, 0.717) is 0 Å². The molecule has 0 bridgehead atoms. The summed E-state index contributed by atoms with van der Waals surface area (Å²) in [5, 5.41) is -0.237. The molecule has 0 heterocycles. The summed E-state index contributed by atoms with van der Waals surface area (Å²) < 4.78 is 60.9. The molecule has 108 valence electrons. The van der Waals surface area contributed by atoms with Crippen molar-refractivity contribution in [2.24, 2.45) is 5.73 Å². The molecule has 0 aliphatic carbocycles. The van der Waals surface area contributed by atoms with Crippen molar-refractivity contribution >= 4 is 33.2 Å². The second kappa shape index (κ2) is 5.84. The molecule has 0 radical (unpaired) electrons. The van der Waals surface area contributed by atoms with E-state index in [0.717, 1.165) is 6.07 Å². The van der Waals surface area contributed by atoms with Gasteiger partial charge >= 0.3 is 6.18 Å². The summed E-state index contributed by atoms with van der Waals surface area (Å²) in [5.74, 6) is 0. The number of hydrogen-bond acceptors (Lipinski definition) is 3. The van der Waals surface area contributed by atoms with Crippen LogP contribution in [0.2, 0.25) is 10.0 Å². The van der Waals surface area contributed by atoms with Crippen LogP contribution in [0.3, 0.4) is 0 Å². The van der Waals surface area contributed by atoms with Gasteiger partial charge in [-0.05, 0) is 17.7 Å². The molecule has 1 aromatic carbocycles. The number of sulfonamides is 1. The lowest BCUT2D eigenvalue weighted by molar-refractivity contribution is -0.121. The number of nitrogens with two attached hydrogens (primary N) is 1. The van der Waals surface area contributed by atoms with Gasteiger partial charge in [0.15, 0.2) is 0 Å². The van der Waals surface area contributed by atoms with Crippen LogP contribution in [0.5, 0.6) is 0 Å². The highest BCUT2D eigenvalue weighted by Gasteiger charge is 2.31. The topological polar surface area (TPSA) is 72.2 Å². The number of nitrogens with one attached hydrogen (secondary N) is 1. The van der Waals surface area contributed by atoms with E-state index in [1.807, 2.05) is 0 Å². The Morgan fingerprint density at radius 3 is 2.32 bits per heavy atom. The van der Waals surface area contributed by atoms with Crippen LogP contribution in [0, 0.1) is 0 Å². The third-order valence-electron chi connectivity index (χ3n) is 2.05. The summed E-state index contributed by atoms with van der Waals surface area (Å²) >= 11 is 11.4. The van der Waals surface area contributed by atoms with E-state index in [1.54, 1.807) is 0 Å². The van der Waals surface area contributed by atoms with Crippen LogP contribution in [0.25, 0.3) is 0 Å². The number of alkyl halides is 3. The van der Waals surface area contributed by atoms with Crippen molar-refractivity contribution < 1.29 is 21.6 Å². The molecule has 10 heteroatoms. The molecule has 4 nitrogen and oxygen atoms in total. The Morgan fingerprint density at radius 1 is 1.26 bits per heavy atom. The van der Waals surface area contributed by atoms with Crippen molar-refractivity contribution in [3.63, 3.8) is 0 Å². The van der Waals surface area contributed by atoms with Gasteiger partial charge in [0.05, 0.1) is 5.02 Å². The maximum atomic E-state index is 12.0. The molecule has 0 fully saturated rings. The summed E-state index contributed by atoms with van der Waals surface area (Å²) in [6.07, 6.45) is -4.67. The second-order valence-corrected chi connectivity index (χ2v) is 6.07. The fourth-order valence-electron chi connectivity index (χ4n) is 1.22. The van der Waals surface area contributed by atoms with E-state index in [1.165, 1.54) is 10.8 Å². The maximum Gasteiger partial charge on any atom is 0.402 e. The van der Waals surface area contributed by atoms with Gasteiger partial charge in [0, 0.05) is 11.6 Å². The number of rotatable bonds is 4. The Morgan fingerprint density at radius 2 is 1.84 bits per heavy atom. The average molecular weight is 337 g/mol. The first kappa shape index (κ1) is 16.5. The minimum atomic E-state index is -4.67. The quantitative estimate of drug-likeness (QED) is 0.886. The highest BCUT2D eigenvalue weighted by atomic mass is 35.5. The average Bonchev–Trinajstić information content (AvgIpc) is 2.28. The maximum absolute atomic E-state index is 12.0. The zero-order valence-electron chi connectivity index (χ0n) is 9.26. The van der Waals surface area contributed by atoms with Gasteiger partial charge in [0.2, 0.25) is 10.0 Å². The third kappa shape index (κ3) is 4.50. The predicted octanol–water partition coefficient (Wildman–Crippen LogP) is 2.29. The van der Waals surface area contributed by atoms with E-state index in [4.69, 9.17) is 28.9 Å². The standard InChI is InChI=1S/C9H9Cl2F3N2O2S/c10-6-1-5(3-15)8(11)7(2-6)19(17,18)16-4-9(12,13)14/h1-2,16H,3-4,15H2.